The van der Waals surface area contributed by atoms with Gasteiger partial charge in [-0.15, -0.1) is 24.8 Å². The molecule has 1 heterocycles. The van der Waals surface area contributed by atoms with Crippen LogP contribution in [0.2, 0.25) is 0 Å². The minimum Gasteiger partial charge on any atom is -0.395 e. The number of hydrogen-bond donors (Lipinski definition) is 2. The fraction of sp³-hybridized carbons (Fsp3) is 0.632. The lowest BCUT2D eigenvalue weighted by molar-refractivity contribution is -0.117. The average Bonchev–Trinajstić information content (AvgIpc) is 3.12. The second kappa shape index (κ2) is 11.8. The minimum atomic E-state index is 0. The third-order valence-electron chi connectivity index (χ3n) is 5.27. The van der Waals surface area contributed by atoms with Crippen LogP contribution >= 0.6 is 24.8 Å². The number of halogens is 2. The van der Waals surface area contributed by atoms with E-state index in [4.69, 9.17) is 5.11 Å². The van der Waals surface area contributed by atoms with Crippen molar-refractivity contribution >= 4 is 36.4 Å². The summed E-state index contributed by atoms with van der Waals surface area (Å²) in [6.07, 6.45) is 5.28. The quantitative estimate of drug-likeness (QED) is 0.766. The van der Waals surface area contributed by atoms with Gasteiger partial charge in [0, 0.05) is 38.4 Å². The van der Waals surface area contributed by atoms with Crippen LogP contribution in [0.1, 0.15) is 37.2 Å². The van der Waals surface area contributed by atoms with Crippen molar-refractivity contribution in [2.45, 2.75) is 31.6 Å². The molecule has 26 heavy (non-hydrogen) atoms. The van der Waals surface area contributed by atoms with Crippen LogP contribution in [-0.4, -0.2) is 66.7 Å². The minimum absolute atomic E-state index is 0. The summed E-state index contributed by atoms with van der Waals surface area (Å²) in [7, 11) is 0. The van der Waals surface area contributed by atoms with Crippen molar-refractivity contribution in [1.29, 1.82) is 0 Å². The molecule has 0 unspecified atom stereocenters. The van der Waals surface area contributed by atoms with Gasteiger partial charge in [-0.3, -0.25) is 14.6 Å². The van der Waals surface area contributed by atoms with Crippen LogP contribution in [0.5, 0.6) is 0 Å². The molecule has 0 aromatic heterocycles. The summed E-state index contributed by atoms with van der Waals surface area (Å²) in [5, 5.41) is 12.0. The topological polar surface area (TPSA) is 55.8 Å². The van der Waals surface area contributed by atoms with Crippen LogP contribution in [-0.2, 0) is 4.79 Å². The summed E-state index contributed by atoms with van der Waals surface area (Å²) in [5.41, 5.74) is 2.30. The zero-order valence-electron chi connectivity index (χ0n) is 15.2. The number of carbonyl (C=O) groups excluding carboxylic acids is 1. The van der Waals surface area contributed by atoms with Gasteiger partial charge in [0.2, 0.25) is 5.91 Å². The predicted octanol–water partition coefficient (Wildman–Crippen LogP) is 2.74. The molecule has 2 fully saturated rings. The van der Waals surface area contributed by atoms with E-state index in [1.807, 2.05) is 12.1 Å². The number of anilines is 1. The average molecular weight is 404 g/mol. The highest BCUT2D eigenvalue weighted by Crippen LogP contribution is 2.34. The maximum atomic E-state index is 12.2. The van der Waals surface area contributed by atoms with Crippen LogP contribution in [0.25, 0.3) is 0 Å². The molecule has 1 saturated heterocycles. The van der Waals surface area contributed by atoms with Crippen LogP contribution in [0, 0.1) is 0 Å². The number of nitrogens with zero attached hydrogens (tertiary/aromatic N) is 2. The molecular weight excluding hydrogens is 373 g/mol. The second-order valence-electron chi connectivity index (χ2n) is 6.99. The van der Waals surface area contributed by atoms with Crippen molar-refractivity contribution in [3.8, 4) is 0 Å². The molecule has 1 aliphatic heterocycles. The molecule has 1 aliphatic carbocycles. The number of rotatable bonds is 6. The van der Waals surface area contributed by atoms with Crippen molar-refractivity contribution in [3.63, 3.8) is 0 Å². The molecule has 7 heteroatoms. The van der Waals surface area contributed by atoms with Gasteiger partial charge in [0.1, 0.15) is 0 Å². The molecule has 0 spiro atoms. The lowest BCUT2D eigenvalue weighted by Crippen LogP contribution is -2.49. The maximum absolute atomic E-state index is 12.2. The summed E-state index contributed by atoms with van der Waals surface area (Å²) in [5.74, 6) is 0.768. The summed E-state index contributed by atoms with van der Waals surface area (Å²) in [6, 6.07) is 8.40. The molecule has 2 aliphatic rings. The SMILES string of the molecule is Cl.Cl.O=C(CN1CCN(CCO)CC1)Nc1ccc(C2CCCC2)cc1. The van der Waals surface area contributed by atoms with Crippen LogP contribution in [0.15, 0.2) is 24.3 Å². The van der Waals surface area contributed by atoms with E-state index in [1.54, 1.807) is 0 Å². The summed E-state index contributed by atoms with van der Waals surface area (Å²) in [4.78, 5) is 16.6. The Labute approximate surface area is 168 Å². The second-order valence-corrected chi connectivity index (χ2v) is 6.99. The zero-order valence-corrected chi connectivity index (χ0v) is 16.9. The van der Waals surface area contributed by atoms with Crippen molar-refractivity contribution < 1.29 is 9.90 Å². The largest absolute Gasteiger partial charge is 0.395 e. The molecule has 1 saturated carbocycles. The highest BCUT2D eigenvalue weighted by atomic mass is 35.5. The Hall–Kier alpha value is -0.850. The zero-order chi connectivity index (χ0) is 16.8. The fourth-order valence-electron chi connectivity index (χ4n) is 3.81. The van der Waals surface area contributed by atoms with Gasteiger partial charge in [-0.05, 0) is 36.5 Å². The van der Waals surface area contributed by atoms with E-state index in [1.165, 1.54) is 31.2 Å². The van der Waals surface area contributed by atoms with E-state index < -0.39 is 0 Å². The Kier molecular flexibility index (Phi) is 10.5. The first-order chi connectivity index (χ1) is 11.7. The molecule has 148 valence electrons. The van der Waals surface area contributed by atoms with Gasteiger partial charge in [-0.2, -0.15) is 0 Å². The Morgan fingerprint density at radius 3 is 2.15 bits per heavy atom. The standard InChI is InChI=1S/C19H29N3O2.2ClH/c23-14-13-21-9-11-22(12-10-21)15-19(24)20-18-7-5-17(6-8-18)16-3-1-2-4-16;;/h5-8,16,23H,1-4,9-15H2,(H,20,24);2*1H. The molecule has 0 atom stereocenters. The smallest absolute Gasteiger partial charge is 0.238 e. The number of aliphatic hydroxyl groups excluding tert-OH is 1. The first-order valence-corrected chi connectivity index (χ1v) is 9.20. The van der Waals surface area contributed by atoms with E-state index >= 15 is 0 Å². The third kappa shape index (κ3) is 6.71. The number of nitrogens with one attached hydrogen (secondary N) is 1. The predicted molar refractivity (Wildman–Crippen MR) is 111 cm³/mol. The summed E-state index contributed by atoms with van der Waals surface area (Å²) < 4.78 is 0. The van der Waals surface area contributed by atoms with Crippen LogP contribution in [0.3, 0.4) is 0 Å². The number of β-amino-alcohol motifs (C(OH)–C–C–N with tert-alkyl or cyclic N) is 1. The fourth-order valence-corrected chi connectivity index (χ4v) is 3.81. The van der Waals surface area contributed by atoms with Gasteiger partial charge in [0.15, 0.2) is 0 Å². The van der Waals surface area contributed by atoms with E-state index in [9.17, 15) is 4.79 Å². The molecule has 1 aromatic rings. The number of piperazine rings is 1. The van der Waals surface area contributed by atoms with Gasteiger partial charge in [-0.1, -0.05) is 25.0 Å². The van der Waals surface area contributed by atoms with Crippen LogP contribution < -0.4 is 5.32 Å². The monoisotopic (exact) mass is 403 g/mol. The van der Waals surface area contributed by atoms with Gasteiger partial charge < -0.3 is 10.4 Å². The Balaban J connectivity index is 0.00000169. The van der Waals surface area contributed by atoms with Crippen LogP contribution in [0.4, 0.5) is 5.69 Å². The van der Waals surface area contributed by atoms with Gasteiger partial charge in [0.05, 0.1) is 13.2 Å². The van der Waals surface area contributed by atoms with Crippen molar-refractivity contribution in [2.75, 3.05) is 51.2 Å². The number of amides is 1. The van der Waals surface area contributed by atoms with E-state index in [0.29, 0.717) is 12.5 Å². The maximum Gasteiger partial charge on any atom is 0.238 e. The highest BCUT2D eigenvalue weighted by molar-refractivity contribution is 5.92. The number of hydrogen-bond acceptors (Lipinski definition) is 4. The van der Waals surface area contributed by atoms with Crippen molar-refractivity contribution in [2.24, 2.45) is 0 Å². The molecule has 1 aromatic carbocycles. The molecule has 0 radical (unpaired) electrons. The van der Waals surface area contributed by atoms with Crippen molar-refractivity contribution in [3.05, 3.63) is 29.8 Å². The molecule has 5 nitrogen and oxygen atoms in total. The molecule has 1 amide bonds. The first-order valence-electron chi connectivity index (χ1n) is 9.20. The summed E-state index contributed by atoms with van der Waals surface area (Å²) >= 11 is 0. The normalized spacial score (nSPS) is 18.8. The number of carbonyl (C=O) groups is 1. The number of aliphatic hydroxyl groups is 1. The molecule has 3 rings (SSSR count). The highest BCUT2D eigenvalue weighted by Gasteiger charge is 2.19. The summed E-state index contributed by atoms with van der Waals surface area (Å²) in [6.45, 7) is 4.98. The number of benzene rings is 1. The molecule has 2 N–H and O–H groups in total. The van der Waals surface area contributed by atoms with E-state index in [0.717, 1.165) is 38.4 Å². The van der Waals surface area contributed by atoms with Gasteiger partial charge in [-0.25, -0.2) is 0 Å². The third-order valence-corrected chi connectivity index (χ3v) is 5.27. The van der Waals surface area contributed by atoms with Crippen molar-refractivity contribution in [1.82, 2.24) is 9.80 Å². The lowest BCUT2D eigenvalue weighted by Gasteiger charge is -2.33. The Morgan fingerprint density at radius 1 is 1.00 bits per heavy atom. The Bertz CT molecular complexity index is 528. The Morgan fingerprint density at radius 2 is 1.58 bits per heavy atom. The van der Waals surface area contributed by atoms with E-state index in [-0.39, 0.29) is 37.3 Å². The molecular formula is C19H31Cl2N3O2. The molecule has 0 bridgehead atoms. The van der Waals surface area contributed by atoms with Gasteiger partial charge >= 0.3 is 0 Å². The lowest BCUT2D eigenvalue weighted by atomic mass is 9.98. The van der Waals surface area contributed by atoms with Gasteiger partial charge in [0.25, 0.3) is 0 Å². The first kappa shape index (κ1) is 23.2. The van der Waals surface area contributed by atoms with E-state index in [2.05, 4.69) is 27.2 Å².